The van der Waals surface area contributed by atoms with Gasteiger partial charge in [0.2, 0.25) is 0 Å². The summed E-state index contributed by atoms with van der Waals surface area (Å²) in [7, 11) is -4.75. The number of hydrogen-bond acceptors (Lipinski definition) is 9. The van der Waals surface area contributed by atoms with Crippen LogP contribution in [0.25, 0.3) is 17.2 Å². The monoisotopic (exact) mass is 560 g/mol. The van der Waals surface area contributed by atoms with Crippen molar-refractivity contribution in [3.05, 3.63) is 54.6 Å². The molecule has 2 aliphatic heterocycles. The summed E-state index contributed by atoms with van der Waals surface area (Å²) in [6.45, 7) is 2.13. The Bertz CT molecular complexity index is 1370. The maximum absolute atomic E-state index is 12.3. The van der Waals surface area contributed by atoms with Gasteiger partial charge >= 0.3 is 13.9 Å². The SMILES string of the molecule is CCCCNC(=O)Nc1ncnc2c1ncn2[C@@H]1O[C@H](COP(=O)(O)O)[C@@H]2OC(/C=C/c3ccccc3)OC21. The third kappa shape index (κ3) is 6.50. The number of nitrogens with one attached hydrogen (secondary N) is 2. The number of phosphoric ester groups is 1. The van der Waals surface area contributed by atoms with Crippen molar-refractivity contribution in [3.8, 4) is 0 Å². The van der Waals surface area contributed by atoms with Gasteiger partial charge in [-0.3, -0.25) is 14.4 Å². The molecule has 15 heteroatoms. The van der Waals surface area contributed by atoms with Crippen molar-refractivity contribution in [1.29, 1.82) is 0 Å². The topological polar surface area (TPSA) is 179 Å². The van der Waals surface area contributed by atoms with Gasteiger partial charge < -0.3 is 29.3 Å². The third-order valence-electron chi connectivity index (χ3n) is 6.20. The maximum atomic E-state index is 12.3. The Morgan fingerprint density at radius 3 is 2.72 bits per heavy atom. The average Bonchev–Trinajstić information content (AvgIpc) is 3.61. The number of unbranched alkanes of at least 4 members (excludes halogenated alkanes) is 1. The first kappa shape index (κ1) is 27.3. The van der Waals surface area contributed by atoms with Gasteiger partial charge in [0.1, 0.15) is 24.6 Å². The van der Waals surface area contributed by atoms with E-state index in [1.807, 2.05) is 43.3 Å². The summed E-state index contributed by atoms with van der Waals surface area (Å²) in [4.78, 5) is 43.6. The van der Waals surface area contributed by atoms with Gasteiger partial charge in [0.05, 0.1) is 12.9 Å². The standard InChI is InChI=1S/C24H29N6O8P/c1-2-3-11-25-24(31)29-21-18-22(27-13-26-21)30(14-28-18)23-20-19(16(36-23)12-35-39(32,33)34)37-17(38-20)10-9-15-7-5-4-6-8-15/h4-10,13-14,16-17,19-20,23H,2-3,11-12H2,1H3,(H2,32,33,34)(H2,25,26,27,29,31)/b10-9+/t16-,17?,19+,20?,23-/m1/s1. The van der Waals surface area contributed by atoms with Gasteiger partial charge in [0.15, 0.2) is 29.5 Å². The molecule has 4 heterocycles. The number of nitrogens with zero attached hydrogens (tertiary/aromatic N) is 4. The number of benzene rings is 1. The molecule has 2 aromatic heterocycles. The smallest absolute Gasteiger partial charge is 0.347 e. The molecule has 14 nitrogen and oxygen atoms in total. The van der Waals surface area contributed by atoms with Crippen molar-refractivity contribution in [2.24, 2.45) is 0 Å². The number of fused-ring (bicyclic) bond motifs is 2. The molecule has 2 fully saturated rings. The minimum atomic E-state index is -4.75. The molecule has 4 N–H and O–H groups in total. The summed E-state index contributed by atoms with van der Waals surface area (Å²) in [6.07, 6.45) is 4.37. The Hall–Kier alpha value is -3.23. The van der Waals surface area contributed by atoms with Crippen molar-refractivity contribution >= 4 is 36.9 Å². The van der Waals surface area contributed by atoms with E-state index < -0.39 is 51.3 Å². The second-order valence-electron chi connectivity index (χ2n) is 8.97. The molecule has 5 atom stereocenters. The fraction of sp³-hybridized carbons (Fsp3) is 0.417. The van der Waals surface area contributed by atoms with Crippen LogP contribution < -0.4 is 10.6 Å². The largest absolute Gasteiger partial charge is 0.469 e. The maximum Gasteiger partial charge on any atom is 0.469 e. The lowest BCUT2D eigenvalue weighted by Gasteiger charge is -2.20. The lowest BCUT2D eigenvalue weighted by molar-refractivity contribution is -0.132. The van der Waals surface area contributed by atoms with Crippen LogP contribution in [0.1, 0.15) is 31.6 Å². The van der Waals surface area contributed by atoms with Crippen LogP contribution in [0, 0.1) is 0 Å². The van der Waals surface area contributed by atoms with Crippen molar-refractivity contribution < 1.29 is 37.9 Å². The van der Waals surface area contributed by atoms with E-state index in [9.17, 15) is 19.1 Å². The highest BCUT2D eigenvalue weighted by Gasteiger charge is 2.53. The Morgan fingerprint density at radius 1 is 1.15 bits per heavy atom. The molecule has 2 amide bonds. The van der Waals surface area contributed by atoms with Gasteiger partial charge in [-0.25, -0.2) is 24.3 Å². The fourth-order valence-corrected chi connectivity index (χ4v) is 4.73. The van der Waals surface area contributed by atoms with E-state index in [4.69, 9.17) is 18.7 Å². The molecule has 0 aliphatic carbocycles. The second kappa shape index (κ2) is 11.9. The first-order valence-corrected chi connectivity index (χ1v) is 14.0. The number of hydrogen-bond donors (Lipinski definition) is 4. The molecule has 0 spiro atoms. The predicted molar refractivity (Wildman–Crippen MR) is 138 cm³/mol. The number of carbonyl (C=O) groups excluding carboxylic acids is 1. The van der Waals surface area contributed by atoms with E-state index in [1.54, 1.807) is 10.6 Å². The van der Waals surface area contributed by atoms with Crippen molar-refractivity contribution in [2.45, 2.75) is 50.6 Å². The summed E-state index contributed by atoms with van der Waals surface area (Å²) in [5, 5.41) is 5.45. The number of ether oxygens (including phenoxy) is 3. The summed E-state index contributed by atoms with van der Waals surface area (Å²) >= 11 is 0. The molecule has 0 saturated carbocycles. The lowest BCUT2D eigenvalue weighted by atomic mass is 10.1. The highest BCUT2D eigenvalue weighted by molar-refractivity contribution is 7.46. The number of imidazole rings is 1. The summed E-state index contributed by atoms with van der Waals surface area (Å²) < 4.78 is 36.0. The van der Waals surface area contributed by atoms with Gasteiger partial charge in [-0.1, -0.05) is 49.8 Å². The lowest BCUT2D eigenvalue weighted by Crippen LogP contribution is -2.31. The van der Waals surface area contributed by atoms with Crippen LogP contribution in [0.3, 0.4) is 0 Å². The van der Waals surface area contributed by atoms with Gasteiger partial charge in [-0.15, -0.1) is 0 Å². The average molecular weight is 561 g/mol. The molecule has 0 bridgehead atoms. The Labute approximate surface area is 223 Å². The molecule has 3 aromatic rings. The quantitative estimate of drug-likeness (QED) is 0.211. The molecule has 2 unspecified atom stereocenters. The zero-order valence-electron chi connectivity index (χ0n) is 21.0. The molecular weight excluding hydrogens is 531 g/mol. The number of carbonyl (C=O) groups is 1. The highest BCUT2D eigenvalue weighted by Crippen LogP contribution is 2.43. The van der Waals surface area contributed by atoms with Crippen LogP contribution in [0.2, 0.25) is 0 Å². The second-order valence-corrected chi connectivity index (χ2v) is 10.2. The third-order valence-corrected chi connectivity index (χ3v) is 6.69. The number of anilines is 1. The Morgan fingerprint density at radius 2 is 1.95 bits per heavy atom. The van der Waals surface area contributed by atoms with E-state index in [1.165, 1.54) is 12.7 Å². The minimum absolute atomic E-state index is 0.218. The van der Waals surface area contributed by atoms with Crippen LogP contribution in [0.15, 0.2) is 49.1 Å². The van der Waals surface area contributed by atoms with Gasteiger partial charge in [-0.05, 0) is 18.1 Å². The van der Waals surface area contributed by atoms with E-state index in [2.05, 4.69) is 25.6 Å². The number of aromatic nitrogens is 4. The van der Waals surface area contributed by atoms with Crippen LogP contribution in [0.5, 0.6) is 0 Å². The first-order valence-electron chi connectivity index (χ1n) is 12.4. The molecule has 39 heavy (non-hydrogen) atoms. The van der Waals surface area contributed by atoms with E-state index in [0.717, 1.165) is 18.4 Å². The van der Waals surface area contributed by atoms with Crippen molar-refractivity contribution in [3.63, 3.8) is 0 Å². The van der Waals surface area contributed by atoms with Gasteiger partial charge in [0.25, 0.3) is 0 Å². The zero-order valence-corrected chi connectivity index (χ0v) is 21.9. The Balaban J connectivity index is 1.38. The summed E-state index contributed by atoms with van der Waals surface area (Å²) in [5.41, 5.74) is 1.64. The zero-order chi connectivity index (χ0) is 27.4. The normalized spacial score (nSPS) is 24.8. The van der Waals surface area contributed by atoms with Gasteiger partial charge in [0, 0.05) is 6.54 Å². The number of amides is 2. The Kier molecular flexibility index (Phi) is 8.33. The molecule has 2 saturated heterocycles. The molecule has 0 radical (unpaired) electrons. The number of urea groups is 1. The molecular formula is C24H29N6O8P. The molecule has 2 aliphatic rings. The van der Waals surface area contributed by atoms with Crippen molar-refractivity contribution in [2.75, 3.05) is 18.5 Å². The van der Waals surface area contributed by atoms with E-state index in [0.29, 0.717) is 17.7 Å². The first-order chi connectivity index (χ1) is 18.8. The molecule has 208 valence electrons. The predicted octanol–water partition coefficient (Wildman–Crippen LogP) is 2.58. The number of phosphoric acid groups is 1. The van der Waals surface area contributed by atoms with E-state index in [-0.39, 0.29) is 5.82 Å². The molecule has 5 rings (SSSR count). The highest BCUT2D eigenvalue weighted by atomic mass is 31.2. The number of rotatable bonds is 10. The molecule has 1 aromatic carbocycles. The minimum Gasteiger partial charge on any atom is -0.347 e. The van der Waals surface area contributed by atoms with Gasteiger partial charge in [-0.2, -0.15) is 0 Å². The van der Waals surface area contributed by atoms with Crippen LogP contribution in [-0.4, -0.2) is 73.1 Å². The van der Waals surface area contributed by atoms with Crippen LogP contribution >= 0.6 is 7.82 Å². The fourth-order valence-electron chi connectivity index (χ4n) is 4.39. The summed E-state index contributed by atoms with van der Waals surface area (Å²) in [6, 6.07) is 9.19. The van der Waals surface area contributed by atoms with Crippen LogP contribution in [-0.2, 0) is 23.3 Å². The summed E-state index contributed by atoms with van der Waals surface area (Å²) in [5.74, 6) is 0.218. The van der Waals surface area contributed by atoms with E-state index >= 15 is 0 Å². The van der Waals surface area contributed by atoms with Crippen LogP contribution in [0.4, 0.5) is 10.6 Å². The van der Waals surface area contributed by atoms with Crippen molar-refractivity contribution in [1.82, 2.24) is 24.8 Å².